The van der Waals surface area contributed by atoms with E-state index >= 15 is 0 Å². The number of carbonyl (C=O) groups excluding carboxylic acids is 1. The summed E-state index contributed by atoms with van der Waals surface area (Å²) in [5.41, 5.74) is 1.34. The minimum atomic E-state index is -0.0527. The van der Waals surface area contributed by atoms with E-state index in [1.807, 2.05) is 11.7 Å². The molecule has 0 aromatic carbocycles. The zero-order chi connectivity index (χ0) is 12.7. The van der Waals surface area contributed by atoms with E-state index in [0.717, 1.165) is 38.0 Å². The second-order valence-corrected chi connectivity index (χ2v) is 5.39. The lowest BCUT2D eigenvalue weighted by atomic mass is 10.3. The van der Waals surface area contributed by atoms with Gasteiger partial charge in [-0.1, -0.05) is 11.6 Å². The molecule has 0 atom stereocenters. The highest BCUT2D eigenvalue weighted by atomic mass is 35.5. The van der Waals surface area contributed by atoms with Crippen LogP contribution in [-0.4, -0.2) is 40.2 Å². The molecular weight excluding hydrogens is 252 g/mol. The van der Waals surface area contributed by atoms with E-state index in [0.29, 0.717) is 23.3 Å². The van der Waals surface area contributed by atoms with Crippen LogP contribution in [0.15, 0.2) is 0 Å². The monoisotopic (exact) mass is 268 g/mol. The van der Waals surface area contributed by atoms with E-state index in [-0.39, 0.29) is 5.91 Å². The Morgan fingerprint density at radius 1 is 1.56 bits per heavy atom. The average molecular weight is 269 g/mol. The number of amides is 1. The lowest BCUT2D eigenvalue weighted by Crippen LogP contribution is -2.29. The van der Waals surface area contributed by atoms with Crippen molar-refractivity contribution in [1.82, 2.24) is 20.0 Å². The first kappa shape index (κ1) is 12.0. The van der Waals surface area contributed by atoms with Gasteiger partial charge in [0.25, 0.3) is 5.91 Å². The Morgan fingerprint density at radius 3 is 3.06 bits per heavy atom. The van der Waals surface area contributed by atoms with Crippen LogP contribution in [0.1, 0.15) is 35.4 Å². The van der Waals surface area contributed by atoms with Gasteiger partial charge in [0.1, 0.15) is 0 Å². The van der Waals surface area contributed by atoms with Crippen LogP contribution in [0.5, 0.6) is 0 Å². The maximum atomic E-state index is 12.3. The number of carbonyl (C=O) groups is 1. The number of aryl methyl sites for hydroxylation is 1. The Balaban J connectivity index is 1.90. The molecule has 1 aliphatic heterocycles. The van der Waals surface area contributed by atoms with Gasteiger partial charge in [-0.3, -0.25) is 9.48 Å². The lowest BCUT2D eigenvalue weighted by Gasteiger charge is -2.14. The van der Waals surface area contributed by atoms with Crippen molar-refractivity contribution < 1.29 is 4.79 Å². The fourth-order valence-corrected chi connectivity index (χ4v) is 2.60. The smallest absolute Gasteiger partial charge is 0.275 e. The molecule has 0 unspecified atom stereocenters. The zero-order valence-corrected chi connectivity index (χ0v) is 11.2. The Hall–Kier alpha value is -1.07. The molecule has 6 heteroatoms. The summed E-state index contributed by atoms with van der Waals surface area (Å²) in [7, 11) is 1.83. The molecule has 1 aliphatic carbocycles. The molecule has 1 fully saturated rings. The zero-order valence-electron chi connectivity index (χ0n) is 10.4. The molecular formula is C12H17ClN4O. The van der Waals surface area contributed by atoms with Crippen molar-refractivity contribution >= 4 is 17.5 Å². The van der Waals surface area contributed by atoms with E-state index < -0.39 is 0 Å². The van der Waals surface area contributed by atoms with Crippen molar-refractivity contribution in [3.8, 4) is 0 Å². The van der Waals surface area contributed by atoms with Crippen molar-refractivity contribution in [1.29, 1.82) is 0 Å². The molecule has 0 saturated heterocycles. The molecule has 98 valence electrons. The van der Waals surface area contributed by atoms with E-state index in [4.69, 9.17) is 11.6 Å². The Labute approximate surface area is 111 Å². The fourth-order valence-electron chi connectivity index (χ4n) is 2.32. The van der Waals surface area contributed by atoms with Crippen molar-refractivity contribution in [2.75, 3.05) is 13.6 Å². The predicted octanol–water partition coefficient (Wildman–Crippen LogP) is 1.26. The minimum absolute atomic E-state index is 0.0527. The highest BCUT2D eigenvalue weighted by Crippen LogP contribution is 2.29. The second kappa shape index (κ2) is 4.55. The van der Waals surface area contributed by atoms with E-state index in [1.165, 1.54) is 0 Å². The number of halogens is 1. The van der Waals surface area contributed by atoms with Gasteiger partial charge in [0.05, 0.1) is 10.7 Å². The molecule has 1 saturated carbocycles. The molecule has 2 aliphatic rings. The Bertz CT molecular complexity index is 481. The standard InChI is InChI=1S/C12H17ClN4O/c1-16(8-3-4-8)12(18)11-10(13)9-7-14-5-2-6-17(9)15-11/h8,14H,2-7H2,1H3. The van der Waals surface area contributed by atoms with Crippen LogP contribution in [0.3, 0.4) is 0 Å². The van der Waals surface area contributed by atoms with Crippen molar-refractivity contribution in [3.05, 3.63) is 16.4 Å². The Morgan fingerprint density at radius 2 is 2.33 bits per heavy atom. The SMILES string of the molecule is CN(C(=O)c1nn2c(c1Cl)CNCCC2)C1CC1. The third-order valence-corrected chi connectivity index (χ3v) is 4.02. The first-order chi connectivity index (χ1) is 8.68. The maximum Gasteiger partial charge on any atom is 0.275 e. The molecule has 1 aromatic rings. The van der Waals surface area contributed by atoms with Gasteiger partial charge in [0.2, 0.25) is 0 Å². The highest BCUT2D eigenvalue weighted by Gasteiger charge is 2.33. The quantitative estimate of drug-likeness (QED) is 0.879. The van der Waals surface area contributed by atoms with E-state index in [2.05, 4.69) is 10.4 Å². The molecule has 2 heterocycles. The summed E-state index contributed by atoms with van der Waals surface area (Å²) in [6.45, 7) is 2.47. The number of fused-ring (bicyclic) bond motifs is 1. The molecule has 18 heavy (non-hydrogen) atoms. The van der Waals surface area contributed by atoms with Crippen LogP contribution < -0.4 is 5.32 Å². The first-order valence-electron chi connectivity index (χ1n) is 6.41. The highest BCUT2D eigenvalue weighted by molar-refractivity contribution is 6.34. The second-order valence-electron chi connectivity index (χ2n) is 5.01. The Kier molecular flexibility index (Phi) is 3.03. The molecule has 0 bridgehead atoms. The molecule has 1 N–H and O–H groups in total. The third-order valence-electron chi connectivity index (χ3n) is 3.63. The van der Waals surface area contributed by atoms with Gasteiger partial charge in [-0.15, -0.1) is 0 Å². The lowest BCUT2D eigenvalue weighted by molar-refractivity contribution is 0.0778. The van der Waals surface area contributed by atoms with Gasteiger partial charge in [-0.25, -0.2) is 0 Å². The van der Waals surface area contributed by atoms with Gasteiger partial charge < -0.3 is 10.2 Å². The topological polar surface area (TPSA) is 50.2 Å². The fraction of sp³-hybridized carbons (Fsp3) is 0.667. The molecule has 3 rings (SSSR count). The van der Waals surface area contributed by atoms with Crippen LogP contribution in [0.4, 0.5) is 0 Å². The number of hydrogen-bond donors (Lipinski definition) is 1. The van der Waals surface area contributed by atoms with E-state index in [9.17, 15) is 4.79 Å². The summed E-state index contributed by atoms with van der Waals surface area (Å²) in [6, 6.07) is 0.383. The number of nitrogens with zero attached hydrogens (tertiary/aromatic N) is 3. The van der Waals surface area contributed by atoms with Crippen molar-refractivity contribution in [2.24, 2.45) is 0 Å². The average Bonchev–Trinajstić information content (AvgIpc) is 3.17. The summed E-state index contributed by atoms with van der Waals surface area (Å²) in [5, 5.41) is 8.20. The summed E-state index contributed by atoms with van der Waals surface area (Å²) < 4.78 is 1.87. The summed E-state index contributed by atoms with van der Waals surface area (Å²) in [5.74, 6) is -0.0527. The molecule has 1 amide bonds. The molecule has 5 nitrogen and oxygen atoms in total. The van der Waals surface area contributed by atoms with Crippen molar-refractivity contribution in [2.45, 2.75) is 38.4 Å². The number of rotatable bonds is 2. The largest absolute Gasteiger partial charge is 0.337 e. The number of hydrogen-bond acceptors (Lipinski definition) is 3. The summed E-state index contributed by atoms with van der Waals surface area (Å²) >= 11 is 6.31. The molecule has 1 aromatic heterocycles. The number of aromatic nitrogens is 2. The molecule has 0 spiro atoms. The normalized spacial score (nSPS) is 19.2. The summed E-state index contributed by atoms with van der Waals surface area (Å²) in [6.07, 6.45) is 3.20. The van der Waals surface area contributed by atoms with Crippen LogP contribution in [-0.2, 0) is 13.1 Å². The van der Waals surface area contributed by atoms with Gasteiger partial charge in [0, 0.05) is 26.2 Å². The first-order valence-corrected chi connectivity index (χ1v) is 6.79. The van der Waals surface area contributed by atoms with Gasteiger partial charge >= 0.3 is 0 Å². The molecule has 0 radical (unpaired) electrons. The van der Waals surface area contributed by atoms with E-state index in [1.54, 1.807) is 4.90 Å². The van der Waals surface area contributed by atoms with Crippen LogP contribution in [0, 0.1) is 0 Å². The van der Waals surface area contributed by atoms with Crippen LogP contribution in [0.25, 0.3) is 0 Å². The van der Waals surface area contributed by atoms with Gasteiger partial charge in [0.15, 0.2) is 5.69 Å². The summed E-state index contributed by atoms with van der Waals surface area (Å²) in [4.78, 5) is 14.1. The predicted molar refractivity (Wildman–Crippen MR) is 68.7 cm³/mol. The van der Waals surface area contributed by atoms with Crippen LogP contribution >= 0.6 is 11.6 Å². The van der Waals surface area contributed by atoms with Crippen molar-refractivity contribution in [3.63, 3.8) is 0 Å². The van der Waals surface area contributed by atoms with Gasteiger partial charge in [-0.2, -0.15) is 5.10 Å². The maximum absolute atomic E-state index is 12.3. The third kappa shape index (κ3) is 2.01. The number of nitrogens with one attached hydrogen (secondary N) is 1. The minimum Gasteiger partial charge on any atom is -0.337 e. The van der Waals surface area contributed by atoms with Gasteiger partial charge in [-0.05, 0) is 25.8 Å². The van der Waals surface area contributed by atoms with Crippen LogP contribution in [0.2, 0.25) is 5.02 Å².